The first-order valence-electron chi connectivity index (χ1n) is 13.3. The molecule has 4 rings (SSSR count). The first kappa shape index (κ1) is 28.4. The van der Waals surface area contributed by atoms with Gasteiger partial charge in [-0.2, -0.15) is 0 Å². The average Bonchev–Trinajstić information content (AvgIpc) is 2.93. The Morgan fingerprint density at radius 1 is 0.800 bits per heavy atom. The van der Waals surface area contributed by atoms with E-state index >= 15 is 0 Å². The Morgan fingerprint density at radius 3 is 2.12 bits per heavy atom. The maximum atomic E-state index is 13.6. The van der Waals surface area contributed by atoms with E-state index in [1.54, 1.807) is 24.3 Å². The highest BCUT2D eigenvalue weighted by Crippen LogP contribution is 2.25. The molecule has 1 unspecified atom stereocenters. The minimum Gasteiger partial charge on any atom is -0.481 e. The highest BCUT2D eigenvalue weighted by molar-refractivity contribution is 5.98. The predicted molar refractivity (Wildman–Crippen MR) is 160 cm³/mol. The molecule has 0 aliphatic rings. The van der Waals surface area contributed by atoms with Crippen LogP contribution in [0.5, 0.6) is 0 Å². The lowest BCUT2D eigenvalue weighted by Gasteiger charge is -2.22. The summed E-state index contributed by atoms with van der Waals surface area (Å²) in [5, 5.41) is 20.0. The van der Waals surface area contributed by atoms with Gasteiger partial charge < -0.3 is 21.1 Å². The van der Waals surface area contributed by atoms with Crippen LogP contribution in [-0.2, 0) is 21.4 Å². The van der Waals surface area contributed by atoms with Crippen molar-refractivity contribution in [2.75, 3.05) is 17.2 Å². The van der Waals surface area contributed by atoms with Crippen LogP contribution in [0.4, 0.5) is 11.4 Å². The van der Waals surface area contributed by atoms with Crippen molar-refractivity contribution in [2.45, 2.75) is 45.1 Å². The number of carbonyl (C=O) groups excluding carboxylic acids is 2. The van der Waals surface area contributed by atoms with Gasteiger partial charge in [0.05, 0.1) is 6.42 Å². The van der Waals surface area contributed by atoms with Crippen molar-refractivity contribution < 1.29 is 19.5 Å². The molecule has 4 aromatic carbocycles. The number of aliphatic carboxylic acids is 1. The third kappa shape index (κ3) is 7.47. The number of benzene rings is 4. The fourth-order valence-electron chi connectivity index (χ4n) is 4.49. The van der Waals surface area contributed by atoms with Gasteiger partial charge in [-0.3, -0.25) is 14.4 Å². The first-order valence-corrected chi connectivity index (χ1v) is 13.3. The SMILES string of the molecule is CC(C)(C)c1ccc(NC(=O)C(Cc2cccc3ccccc23)Nc2ccc(C(=O)NCCC(=O)O)cc2)cc1. The van der Waals surface area contributed by atoms with Gasteiger partial charge in [-0.25, -0.2) is 0 Å². The molecule has 0 saturated heterocycles. The molecule has 7 heteroatoms. The summed E-state index contributed by atoms with van der Waals surface area (Å²) in [4.78, 5) is 36.6. The maximum Gasteiger partial charge on any atom is 0.305 e. The number of fused-ring (bicyclic) bond motifs is 1. The number of nitrogens with one attached hydrogen (secondary N) is 3. The molecular formula is C33H35N3O4. The maximum absolute atomic E-state index is 13.6. The fourth-order valence-corrected chi connectivity index (χ4v) is 4.49. The van der Waals surface area contributed by atoms with E-state index in [1.807, 2.05) is 48.5 Å². The molecule has 7 nitrogen and oxygen atoms in total. The number of carbonyl (C=O) groups is 3. The van der Waals surface area contributed by atoms with E-state index in [1.165, 1.54) is 5.56 Å². The van der Waals surface area contributed by atoms with E-state index in [4.69, 9.17) is 5.11 Å². The molecule has 0 aromatic heterocycles. The fraction of sp³-hybridized carbons (Fsp3) is 0.242. The Morgan fingerprint density at radius 2 is 1.45 bits per heavy atom. The van der Waals surface area contributed by atoms with Crippen molar-refractivity contribution in [3.63, 3.8) is 0 Å². The lowest BCUT2D eigenvalue weighted by molar-refractivity contribution is -0.136. The molecule has 0 radical (unpaired) electrons. The van der Waals surface area contributed by atoms with Gasteiger partial charge in [-0.15, -0.1) is 0 Å². The molecule has 4 N–H and O–H groups in total. The van der Waals surface area contributed by atoms with Crippen LogP contribution in [0.2, 0.25) is 0 Å². The van der Waals surface area contributed by atoms with Crippen LogP contribution in [0.15, 0.2) is 91.0 Å². The quantitative estimate of drug-likeness (QED) is 0.198. The van der Waals surface area contributed by atoms with Crippen molar-refractivity contribution in [1.82, 2.24) is 5.32 Å². The molecule has 0 aliphatic carbocycles. The second-order valence-corrected chi connectivity index (χ2v) is 10.8. The Labute approximate surface area is 234 Å². The summed E-state index contributed by atoms with van der Waals surface area (Å²) in [5.74, 6) is -1.50. The summed E-state index contributed by atoms with van der Waals surface area (Å²) in [7, 11) is 0. The molecule has 4 aromatic rings. The van der Waals surface area contributed by atoms with Crippen LogP contribution in [-0.4, -0.2) is 35.5 Å². The highest BCUT2D eigenvalue weighted by atomic mass is 16.4. The zero-order chi connectivity index (χ0) is 28.7. The number of hydrogen-bond donors (Lipinski definition) is 4. The van der Waals surface area contributed by atoms with Crippen LogP contribution in [0, 0.1) is 0 Å². The van der Waals surface area contributed by atoms with E-state index in [0.29, 0.717) is 17.7 Å². The molecular weight excluding hydrogens is 502 g/mol. The molecule has 40 heavy (non-hydrogen) atoms. The van der Waals surface area contributed by atoms with E-state index in [-0.39, 0.29) is 30.2 Å². The van der Waals surface area contributed by atoms with Crippen LogP contribution >= 0.6 is 0 Å². The van der Waals surface area contributed by atoms with E-state index < -0.39 is 12.0 Å². The first-order chi connectivity index (χ1) is 19.1. The van der Waals surface area contributed by atoms with Gasteiger partial charge in [-0.05, 0) is 63.7 Å². The van der Waals surface area contributed by atoms with Crippen LogP contribution < -0.4 is 16.0 Å². The van der Waals surface area contributed by atoms with Crippen molar-refractivity contribution >= 4 is 39.9 Å². The molecule has 0 fully saturated rings. The average molecular weight is 538 g/mol. The Kier molecular flexibility index (Phi) is 8.84. The molecule has 2 amide bonds. The second-order valence-electron chi connectivity index (χ2n) is 10.8. The Balaban J connectivity index is 1.54. The number of carboxylic acids is 1. The zero-order valence-corrected chi connectivity index (χ0v) is 23.0. The standard InChI is InChI=1S/C33H35N3O4/c1-33(2,3)25-13-17-27(18-14-25)36-32(40)29(21-24-9-6-8-22-7-4-5-10-28(22)24)35-26-15-11-23(12-16-26)31(39)34-20-19-30(37)38/h4-18,29,35H,19-21H2,1-3H3,(H,34,39)(H,36,40)(H,37,38). The summed E-state index contributed by atoms with van der Waals surface area (Å²) in [6, 6.07) is 28.3. The van der Waals surface area contributed by atoms with Gasteiger partial charge in [-0.1, -0.05) is 75.4 Å². The Hall–Kier alpha value is -4.65. The number of carboxylic acid groups (broad SMARTS) is 1. The summed E-state index contributed by atoms with van der Waals surface area (Å²) < 4.78 is 0. The van der Waals surface area contributed by atoms with Gasteiger partial charge in [0.1, 0.15) is 6.04 Å². The van der Waals surface area contributed by atoms with Crippen LogP contribution in [0.3, 0.4) is 0 Å². The van der Waals surface area contributed by atoms with Gasteiger partial charge in [0.25, 0.3) is 5.91 Å². The number of amides is 2. The zero-order valence-electron chi connectivity index (χ0n) is 23.0. The van der Waals surface area contributed by atoms with Crippen molar-refractivity contribution in [1.29, 1.82) is 0 Å². The molecule has 0 saturated carbocycles. The number of hydrogen-bond acceptors (Lipinski definition) is 4. The van der Waals surface area contributed by atoms with Crippen molar-refractivity contribution in [3.8, 4) is 0 Å². The minimum atomic E-state index is -0.972. The molecule has 206 valence electrons. The second kappa shape index (κ2) is 12.5. The summed E-state index contributed by atoms with van der Waals surface area (Å²) in [5.41, 5.74) is 4.05. The monoisotopic (exact) mass is 537 g/mol. The molecule has 0 heterocycles. The minimum absolute atomic E-state index is 0.0142. The molecule has 0 aliphatic heterocycles. The summed E-state index contributed by atoms with van der Waals surface area (Å²) in [6.45, 7) is 6.50. The number of rotatable bonds is 10. The van der Waals surface area contributed by atoms with Crippen molar-refractivity contribution in [2.24, 2.45) is 0 Å². The van der Waals surface area contributed by atoms with Crippen molar-refractivity contribution in [3.05, 3.63) is 108 Å². The smallest absolute Gasteiger partial charge is 0.305 e. The molecule has 1 atom stereocenters. The lowest BCUT2D eigenvalue weighted by atomic mass is 9.87. The number of anilines is 2. The van der Waals surface area contributed by atoms with Gasteiger partial charge in [0.2, 0.25) is 5.91 Å². The molecule has 0 spiro atoms. The normalized spacial score (nSPS) is 12.0. The van der Waals surface area contributed by atoms with E-state index in [2.05, 4.69) is 54.9 Å². The van der Waals surface area contributed by atoms with Gasteiger partial charge in [0.15, 0.2) is 0 Å². The van der Waals surface area contributed by atoms with Crippen LogP contribution in [0.25, 0.3) is 10.8 Å². The Bertz CT molecular complexity index is 1480. The van der Waals surface area contributed by atoms with Gasteiger partial charge >= 0.3 is 5.97 Å². The van der Waals surface area contributed by atoms with Gasteiger partial charge in [0, 0.05) is 29.9 Å². The van der Waals surface area contributed by atoms with Crippen LogP contribution in [0.1, 0.15) is 48.7 Å². The van der Waals surface area contributed by atoms with E-state index in [9.17, 15) is 14.4 Å². The van der Waals surface area contributed by atoms with E-state index in [0.717, 1.165) is 22.0 Å². The highest BCUT2D eigenvalue weighted by Gasteiger charge is 2.21. The predicted octanol–water partition coefficient (Wildman–Crippen LogP) is 6.00. The largest absolute Gasteiger partial charge is 0.481 e. The molecule has 0 bridgehead atoms. The topological polar surface area (TPSA) is 108 Å². The third-order valence-corrected chi connectivity index (χ3v) is 6.75. The summed E-state index contributed by atoms with van der Waals surface area (Å²) >= 11 is 0. The summed E-state index contributed by atoms with van der Waals surface area (Å²) in [6.07, 6.45) is 0.306. The lowest BCUT2D eigenvalue weighted by Crippen LogP contribution is -2.36. The third-order valence-electron chi connectivity index (χ3n) is 6.75.